The fourth-order valence-corrected chi connectivity index (χ4v) is 4.31. The number of amides is 2. The topological polar surface area (TPSA) is 41.1 Å². The van der Waals surface area contributed by atoms with Gasteiger partial charge in [-0.15, -0.1) is 0 Å². The summed E-state index contributed by atoms with van der Waals surface area (Å²) in [4.78, 5) is 11.6. The van der Waals surface area contributed by atoms with Gasteiger partial charge in [-0.25, -0.2) is 9.18 Å². The van der Waals surface area contributed by atoms with Crippen LogP contribution in [0.3, 0.4) is 0 Å². The summed E-state index contributed by atoms with van der Waals surface area (Å²) >= 11 is 6.54. The maximum absolute atomic E-state index is 13.2. The molecule has 2 N–H and O–H groups in total. The fraction of sp³-hybridized carbons (Fsp3) is 0.316. The van der Waals surface area contributed by atoms with Crippen molar-refractivity contribution in [3.63, 3.8) is 0 Å². The number of rotatable bonds is 2. The Morgan fingerprint density at radius 1 is 1.00 bits per heavy atom. The Morgan fingerprint density at radius 2 is 1.75 bits per heavy atom. The van der Waals surface area contributed by atoms with E-state index in [9.17, 15) is 9.18 Å². The van der Waals surface area contributed by atoms with Gasteiger partial charge in [0.1, 0.15) is 5.82 Å². The van der Waals surface area contributed by atoms with E-state index < -0.39 is 0 Å². The molecule has 1 saturated heterocycles. The Bertz CT molecular complexity index is 777. The quantitative estimate of drug-likeness (QED) is 0.829. The molecule has 124 valence electrons. The number of hydrogen-bond donors (Lipinski definition) is 2. The van der Waals surface area contributed by atoms with Gasteiger partial charge in [-0.2, -0.15) is 0 Å². The lowest BCUT2D eigenvalue weighted by Crippen LogP contribution is -2.39. The third-order valence-corrected chi connectivity index (χ3v) is 5.43. The number of hydrogen-bond acceptors (Lipinski definition) is 1. The summed E-state index contributed by atoms with van der Waals surface area (Å²) in [6.07, 6.45) is 2.77. The van der Waals surface area contributed by atoms with Crippen LogP contribution in [0.2, 0.25) is 5.02 Å². The lowest BCUT2D eigenvalue weighted by Gasteiger charge is -2.32. The molecule has 24 heavy (non-hydrogen) atoms. The van der Waals surface area contributed by atoms with E-state index in [4.69, 9.17) is 11.6 Å². The second kappa shape index (κ2) is 6.10. The molecule has 0 radical (unpaired) electrons. The Hall–Kier alpha value is -2.07. The van der Waals surface area contributed by atoms with Crippen LogP contribution < -0.4 is 10.6 Å². The zero-order valence-corrected chi connectivity index (χ0v) is 13.8. The van der Waals surface area contributed by atoms with E-state index in [-0.39, 0.29) is 29.8 Å². The highest BCUT2D eigenvalue weighted by Crippen LogP contribution is 2.42. The lowest BCUT2D eigenvalue weighted by molar-refractivity contribution is 0.247. The Balaban J connectivity index is 1.70. The third-order valence-electron chi connectivity index (χ3n) is 5.10. The van der Waals surface area contributed by atoms with Crippen LogP contribution in [0.25, 0.3) is 11.1 Å². The molecular weight excluding hydrogens is 327 g/mol. The summed E-state index contributed by atoms with van der Waals surface area (Å²) in [6, 6.07) is 12.7. The molecule has 2 aromatic rings. The van der Waals surface area contributed by atoms with Crippen molar-refractivity contribution in [2.24, 2.45) is 0 Å². The van der Waals surface area contributed by atoms with Crippen LogP contribution in [0.4, 0.5) is 9.18 Å². The number of fused-ring (bicyclic) bond motifs is 1. The Morgan fingerprint density at radius 3 is 2.54 bits per heavy atom. The van der Waals surface area contributed by atoms with Crippen molar-refractivity contribution in [3.8, 4) is 11.1 Å². The number of carbonyl (C=O) groups excluding carboxylic acids is 1. The first-order valence-electron chi connectivity index (χ1n) is 8.23. The average molecular weight is 345 g/mol. The molecule has 4 rings (SSSR count). The van der Waals surface area contributed by atoms with Gasteiger partial charge >= 0.3 is 6.03 Å². The van der Waals surface area contributed by atoms with Crippen molar-refractivity contribution >= 4 is 17.6 Å². The van der Waals surface area contributed by atoms with Gasteiger partial charge in [-0.3, -0.25) is 0 Å². The second-order valence-corrected chi connectivity index (χ2v) is 6.96. The van der Waals surface area contributed by atoms with Gasteiger partial charge in [0.05, 0.1) is 12.1 Å². The number of benzene rings is 2. The van der Waals surface area contributed by atoms with Gasteiger partial charge in [0.15, 0.2) is 0 Å². The first-order chi connectivity index (χ1) is 11.6. The van der Waals surface area contributed by atoms with Gasteiger partial charge in [0, 0.05) is 5.02 Å². The molecular formula is C19H18ClFN2O. The van der Waals surface area contributed by atoms with Crippen molar-refractivity contribution in [1.29, 1.82) is 0 Å². The summed E-state index contributed by atoms with van der Waals surface area (Å²) in [5.41, 5.74) is 3.11. The zero-order chi connectivity index (χ0) is 16.7. The molecule has 1 aliphatic carbocycles. The van der Waals surface area contributed by atoms with E-state index in [1.165, 1.54) is 12.1 Å². The monoisotopic (exact) mass is 344 g/mol. The first kappa shape index (κ1) is 15.5. The normalized spacial score (nSPS) is 25.8. The minimum Gasteiger partial charge on any atom is -0.333 e. The SMILES string of the molecule is O=C1NC2CCC(c3c(Cl)cccc3-c3ccc(F)cc3)CC2N1. The molecule has 0 aromatic heterocycles. The van der Waals surface area contributed by atoms with Crippen LogP contribution in [0, 0.1) is 5.82 Å². The van der Waals surface area contributed by atoms with Crippen molar-refractivity contribution in [3.05, 3.63) is 58.9 Å². The summed E-state index contributed by atoms with van der Waals surface area (Å²) in [7, 11) is 0. The minimum absolute atomic E-state index is 0.0800. The van der Waals surface area contributed by atoms with Gasteiger partial charge in [-0.05, 0) is 60.1 Å². The van der Waals surface area contributed by atoms with Gasteiger partial charge < -0.3 is 10.6 Å². The predicted molar refractivity (Wildman–Crippen MR) is 92.7 cm³/mol. The van der Waals surface area contributed by atoms with E-state index in [0.29, 0.717) is 0 Å². The van der Waals surface area contributed by atoms with Gasteiger partial charge in [0.2, 0.25) is 0 Å². The van der Waals surface area contributed by atoms with Crippen LogP contribution in [-0.2, 0) is 0 Å². The largest absolute Gasteiger partial charge is 0.333 e. The summed E-state index contributed by atoms with van der Waals surface area (Å²) in [5.74, 6) is 0.0304. The molecule has 1 heterocycles. The number of halogens is 2. The maximum Gasteiger partial charge on any atom is 0.315 e. The molecule has 0 bridgehead atoms. The van der Waals surface area contributed by atoms with Crippen LogP contribution in [-0.4, -0.2) is 18.1 Å². The van der Waals surface area contributed by atoms with Crippen LogP contribution in [0.1, 0.15) is 30.7 Å². The van der Waals surface area contributed by atoms with E-state index in [1.807, 2.05) is 18.2 Å². The highest BCUT2D eigenvalue weighted by Gasteiger charge is 2.38. The molecule has 2 fully saturated rings. The van der Waals surface area contributed by atoms with Gasteiger partial charge in [0.25, 0.3) is 0 Å². The summed E-state index contributed by atoms with van der Waals surface area (Å²) in [5, 5.41) is 6.70. The van der Waals surface area contributed by atoms with Gasteiger partial charge in [-0.1, -0.05) is 35.9 Å². The molecule has 5 heteroatoms. The molecule has 2 aliphatic rings. The van der Waals surface area contributed by atoms with Crippen LogP contribution in [0.5, 0.6) is 0 Å². The molecule has 3 atom stereocenters. The zero-order valence-electron chi connectivity index (χ0n) is 13.1. The van der Waals surface area contributed by atoms with E-state index in [0.717, 1.165) is 41.0 Å². The number of nitrogens with one attached hydrogen (secondary N) is 2. The number of urea groups is 1. The maximum atomic E-state index is 13.2. The predicted octanol–water partition coefficient (Wildman–Crippen LogP) is 4.46. The van der Waals surface area contributed by atoms with Crippen molar-refractivity contribution in [2.75, 3.05) is 0 Å². The van der Waals surface area contributed by atoms with E-state index >= 15 is 0 Å². The highest BCUT2D eigenvalue weighted by atomic mass is 35.5. The third kappa shape index (κ3) is 2.75. The Labute approximate surface area is 145 Å². The first-order valence-corrected chi connectivity index (χ1v) is 8.61. The van der Waals surface area contributed by atoms with Crippen molar-refractivity contribution < 1.29 is 9.18 Å². The second-order valence-electron chi connectivity index (χ2n) is 6.55. The Kier molecular flexibility index (Phi) is 3.93. The van der Waals surface area contributed by atoms with E-state index in [2.05, 4.69) is 10.6 Å². The molecule has 2 aromatic carbocycles. The molecule has 3 nitrogen and oxygen atoms in total. The van der Waals surface area contributed by atoms with Crippen LogP contribution >= 0.6 is 11.6 Å². The number of carbonyl (C=O) groups is 1. The van der Waals surface area contributed by atoms with Crippen molar-refractivity contribution in [1.82, 2.24) is 10.6 Å². The smallest absolute Gasteiger partial charge is 0.315 e. The fourth-order valence-electron chi connectivity index (χ4n) is 3.98. The standard InChI is InChI=1S/C19H18ClFN2O/c20-15-3-1-2-14(11-4-7-13(21)8-5-11)18(15)12-6-9-16-17(10-12)23-19(24)22-16/h1-5,7-8,12,16-17H,6,9-10H2,(H2,22,23,24). The minimum atomic E-state index is -0.248. The molecule has 1 saturated carbocycles. The van der Waals surface area contributed by atoms with E-state index in [1.54, 1.807) is 12.1 Å². The summed E-state index contributed by atoms with van der Waals surface area (Å²) < 4.78 is 13.2. The molecule has 2 amide bonds. The highest BCUT2D eigenvalue weighted by molar-refractivity contribution is 6.31. The summed E-state index contributed by atoms with van der Waals surface area (Å²) in [6.45, 7) is 0. The molecule has 3 unspecified atom stereocenters. The molecule has 0 spiro atoms. The van der Waals surface area contributed by atoms with Crippen LogP contribution in [0.15, 0.2) is 42.5 Å². The molecule has 1 aliphatic heterocycles. The lowest BCUT2D eigenvalue weighted by atomic mass is 9.77. The average Bonchev–Trinajstić information content (AvgIpc) is 2.94. The van der Waals surface area contributed by atoms with Crippen molar-refractivity contribution in [2.45, 2.75) is 37.3 Å².